The smallest absolute Gasteiger partial charge is 0.122 e. The van der Waals surface area contributed by atoms with E-state index in [1.54, 1.807) is 36.1 Å². The van der Waals surface area contributed by atoms with Crippen LogP contribution in [0, 0.1) is 0 Å². The third-order valence-electron chi connectivity index (χ3n) is 2.40. The molecule has 3 nitrogen and oxygen atoms in total. The number of benzene rings is 1. The Morgan fingerprint density at radius 1 is 1.29 bits per heavy atom. The summed E-state index contributed by atoms with van der Waals surface area (Å²) in [7, 11) is 1.76. The summed E-state index contributed by atoms with van der Waals surface area (Å²) in [6.07, 6.45) is 0.804. The van der Waals surface area contributed by atoms with Crippen LogP contribution in [0.4, 0.5) is 0 Å². The van der Waals surface area contributed by atoms with Crippen LogP contribution in [0.25, 0.3) is 0 Å². The van der Waals surface area contributed by atoms with Gasteiger partial charge < -0.3 is 5.11 Å². The van der Waals surface area contributed by atoms with Gasteiger partial charge in [-0.2, -0.15) is 5.10 Å². The van der Waals surface area contributed by atoms with Crippen molar-refractivity contribution in [3.05, 3.63) is 50.2 Å². The average Bonchev–Trinajstić information content (AvgIpc) is 2.56. The monoisotopic (exact) mass is 334 g/mol. The van der Waals surface area contributed by atoms with Gasteiger partial charge >= 0.3 is 0 Å². The number of aliphatic hydroxyl groups is 1. The highest BCUT2D eigenvalue weighted by Gasteiger charge is 2.18. The normalized spacial score (nSPS) is 12.8. The van der Waals surface area contributed by atoms with Gasteiger partial charge in [0, 0.05) is 17.1 Å². The van der Waals surface area contributed by atoms with Crippen LogP contribution in [0.1, 0.15) is 17.4 Å². The molecule has 1 unspecified atom stereocenters. The number of aliphatic hydroxyl groups excluding tert-OH is 1. The Bertz CT molecular complexity index is 517. The van der Waals surface area contributed by atoms with Gasteiger partial charge in [0.1, 0.15) is 6.10 Å². The van der Waals surface area contributed by atoms with E-state index in [1.165, 1.54) is 0 Å². The Balaban J connectivity index is 2.47. The first-order valence-electron chi connectivity index (χ1n) is 4.80. The Morgan fingerprint density at radius 3 is 2.35 bits per heavy atom. The van der Waals surface area contributed by atoms with Crippen molar-refractivity contribution < 1.29 is 5.11 Å². The van der Waals surface area contributed by atoms with Crippen molar-refractivity contribution in [3.8, 4) is 0 Å². The quantitative estimate of drug-likeness (QED) is 0.911. The third kappa shape index (κ3) is 2.65. The second-order valence-electron chi connectivity index (χ2n) is 3.61. The van der Waals surface area contributed by atoms with Gasteiger partial charge in [-0.1, -0.05) is 23.2 Å². The molecule has 2 aromatic rings. The SMILES string of the molecule is Cn1ncc(Br)c1C(O)c1cc(Cl)cc(Cl)c1. The van der Waals surface area contributed by atoms with Crippen molar-refractivity contribution in [2.45, 2.75) is 6.10 Å². The number of rotatable bonds is 2. The van der Waals surface area contributed by atoms with Crippen LogP contribution >= 0.6 is 39.1 Å². The molecule has 0 spiro atoms. The number of hydrogen-bond acceptors (Lipinski definition) is 2. The second kappa shape index (κ2) is 4.98. The van der Waals surface area contributed by atoms with Gasteiger partial charge in [0.05, 0.1) is 16.4 Å². The third-order valence-corrected chi connectivity index (χ3v) is 3.44. The minimum absolute atomic E-state index is 0.491. The van der Waals surface area contributed by atoms with Crippen LogP contribution < -0.4 is 0 Å². The molecule has 0 saturated carbocycles. The van der Waals surface area contributed by atoms with Gasteiger partial charge in [0.15, 0.2) is 0 Å². The maximum Gasteiger partial charge on any atom is 0.122 e. The molecule has 1 aromatic heterocycles. The molecule has 0 aliphatic rings. The van der Waals surface area contributed by atoms with E-state index in [0.717, 1.165) is 4.47 Å². The molecule has 0 radical (unpaired) electrons. The van der Waals surface area contributed by atoms with Crippen LogP contribution in [0.3, 0.4) is 0 Å². The molecule has 2 rings (SSSR count). The van der Waals surface area contributed by atoms with E-state index >= 15 is 0 Å². The fourth-order valence-corrected chi connectivity index (χ4v) is 2.73. The van der Waals surface area contributed by atoms with Gasteiger partial charge in [-0.05, 0) is 39.7 Å². The minimum Gasteiger partial charge on any atom is -0.382 e. The largest absolute Gasteiger partial charge is 0.382 e. The van der Waals surface area contributed by atoms with Crippen molar-refractivity contribution in [1.82, 2.24) is 9.78 Å². The van der Waals surface area contributed by atoms with E-state index in [4.69, 9.17) is 23.2 Å². The molecule has 0 amide bonds. The molecule has 6 heteroatoms. The zero-order chi connectivity index (χ0) is 12.6. The van der Waals surface area contributed by atoms with Crippen LogP contribution in [0.2, 0.25) is 10.0 Å². The van der Waals surface area contributed by atoms with Crippen molar-refractivity contribution in [3.63, 3.8) is 0 Å². The summed E-state index contributed by atoms with van der Waals surface area (Å²) < 4.78 is 2.34. The van der Waals surface area contributed by atoms with E-state index in [0.29, 0.717) is 21.3 Å². The molecule has 0 aliphatic heterocycles. The van der Waals surface area contributed by atoms with E-state index in [-0.39, 0.29) is 0 Å². The molecule has 1 N–H and O–H groups in total. The zero-order valence-corrected chi connectivity index (χ0v) is 12.0. The van der Waals surface area contributed by atoms with Crippen molar-refractivity contribution in [1.29, 1.82) is 0 Å². The first-order valence-corrected chi connectivity index (χ1v) is 6.35. The summed E-state index contributed by atoms with van der Waals surface area (Å²) in [6, 6.07) is 4.98. The fourth-order valence-electron chi connectivity index (χ4n) is 1.62. The summed E-state index contributed by atoms with van der Waals surface area (Å²) in [5, 5.41) is 15.3. The van der Waals surface area contributed by atoms with Gasteiger partial charge in [-0.25, -0.2) is 0 Å². The molecule has 1 atom stereocenters. The van der Waals surface area contributed by atoms with E-state index < -0.39 is 6.10 Å². The molecule has 0 bridgehead atoms. The fraction of sp³-hybridized carbons (Fsp3) is 0.182. The Hall–Kier alpha value is -0.550. The first kappa shape index (κ1) is 12.9. The second-order valence-corrected chi connectivity index (χ2v) is 5.33. The average molecular weight is 336 g/mol. The van der Waals surface area contributed by atoms with E-state index in [9.17, 15) is 5.11 Å². The molecule has 1 aromatic carbocycles. The number of halogens is 3. The molecular formula is C11H9BrCl2N2O. The summed E-state index contributed by atoms with van der Waals surface area (Å²) in [5.74, 6) is 0. The highest BCUT2D eigenvalue weighted by Crippen LogP contribution is 2.31. The lowest BCUT2D eigenvalue weighted by Gasteiger charge is -2.13. The van der Waals surface area contributed by atoms with Crippen molar-refractivity contribution in [2.24, 2.45) is 7.05 Å². The van der Waals surface area contributed by atoms with Gasteiger partial charge in [0.25, 0.3) is 0 Å². The lowest BCUT2D eigenvalue weighted by Crippen LogP contribution is -2.07. The first-order chi connectivity index (χ1) is 7.99. The maximum atomic E-state index is 10.3. The number of aromatic nitrogens is 2. The lowest BCUT2D eigenvalue weighted by molar-refractivity contribution is 0.209. The van der Waals surface area contributed by atoms with Crippen LogP contribution in [0.15, 0.2) is 28.9 Å². The predicted octanol–water partition coefficient (Wildman–Crippen LogP) is 3.57. The van der Waals surface area contributed by atoms with Crippen LogP contribution in [-0.4, -0.2) is 14.9 Å². The van der Waals surface area contributed by atoms with Crippen molar-refractivity contribution >= 4 is 39.1 Å². The maximum absolute atomic E-state index is 10.3. The highest BCUT2D eigenvalue weighted by molar-refractivity contribution is 9.10. The predicted molar refractivity (Wildman–Crippen MR) is 71.4 cm³/mol. The minimum atomic E-state index is -0.826. The summed E-state index contributed by atoms with van der Waals surface area (Å²) >= 11 is 15.2. The number of aryl methyl sites for hydroxylation is 1. The molecule has 90 valence electrons. The highest BCUT2D eigenvalue weighted by atomic mass is 79.9. The van der Waals surface area contributed by atoms with Gasteiger partial charge in [-0.3, -0.25) is 4.68 Å². The van der Waals surface area contributed by atoms with Crippen molar-refractivity contribution in [2.75, 3.05) is 0 Å². The molecule has 0 saturated heterocycles. The molecule has 1 heterocycles. The van der Waals surface area contributed by atoms with Gasteiger partial charge in [0.2, 0.25) is 0 Å². The molecular weight excluding hydrogens is 327 g/mol. The van der Waals surface area contributed by atoms with E-state index in [2.05, 4.69) is 21.0 Å². The standard InChI is InChI=1S/C11H9BrCl2N2O/c1-16-10(9(12)5-15-16)11(17)6-2-7(13)4-8(14)3-6/h2-5,11,17H,1H3. The Kier molecular flexibility index (Phi) is 3.78. The number of hydrogen-bond donors (Lipinski definition) is 1. The van der Waals surface area contributed by atoms with Gasteiger partial charge in [-0.15, -0.1) is 0 Å². The van der Waals surface area contributed by atoms with E-state index in [1.807, 2.05) is 0 Å². The topological polar surface area (TPSA) is 38.0 Å². The molecule has 0 fully saturated rings. The van der Waals surface area contributed by atoms with Crippen LogP contribution in [-0.2, 0) is 7.05 Å². The van der Waals surface area contributed by atoms with Crippen LogP contribution in [0.5, 0.6) is 0 Å². The molecule has 0 aliphatic carbocycles. The summed E-state index contributed by atoms with van der Waals surface area (Å²) in [4.78, 5) is 0. The zero-order valence-electron chi connectivity index (χ0n) is 8.86. The molecule has 17 heavy (non-hydrogen) atoms. The summed E-state index contributed by atoms with van der Waals surface area (Å²) in [6.45, 7) is 0. The Morgan fingerprint density at radius 2 is 1.88 bits per heavy atom. The lowest BCUT2D eigenvalue weighted by atomic mass is 10.1. The number of nitrogens with zero attached hydrogens (tertiary/aromatic N) is 2. The Labute approximate surface area is 117 Å². The summed E-state index contributed by atoms with van der Waals surface area (Å²) in [5.41, 5.74) is 1.29.